The van der Waals surface area contributed by atoms with Crippen molar-refractivity contribution in [1.82, 2.24) is 9.97 Å². The van der Waals surface area contributed by atoms with Crippen molar-refractivity contribution >= 4 is 16.7 Å². The SMILES string of the molecule is CC(C)(C)C(=O)c1ccc(-c2cc3cc(O)ccc3[nH]2)nc1. The minimum absolute atomic E-state index is 0.0770. The third-order valence-electron chi connectivity index (χ3n) is 3.59. The molecule has 0 aliphatic heterocycles. The van der Waals surface area contributed by atoms with Gasteiger partial charge < -0.3 is 10.1 Å². The number of benzene rings is 1. The van der Waals surface area contributed by atoms with Crippen molar-refractivity contribution in [2.45, 2.75) is 20.8 Å². The van der Waals surface area contributed by atoms with Crippen LogP contribution in [0.2, 0.25) is 0 Å². The van der Waals surface area contributed by atoms with Crippen molar-refractivity contribution in [2.75, 3.05) is 0 Å². The van der Waals surface area contributed by atoms with Crippen molar-refractivity contribution in [3.63, 3.8) is 0 Å². The molecule has 2 heterocycles. The number of phenolic OH excluding ortho intramolecular Hbond substituents is 1. The first-order chi connectivity index (χ1) is 10.3. The lowest BCUT2D eigenvalue weighted by Crippen LogP contribution is -2.20. The molecule has 0 spiro atoms. The summed E-state index contributed by atoms with van der Waals surface area (Å²) in [5, 5.41) is 10.4. The molecule has 0 radical (unpaired) electrons. The monoisotopic (exact) mass is 294 g/mol. The maximum atomic E-state index is 12.2. The minimum atomic E-state index is -0.415. The van der Waals surface area contributed by atoms with Gasteiger partial charge in [0.05, 0.1) is 11.4 Å². The van der Waals surface area contributed by atoms with Crippen LogP contribution >= 0.6 is 0 Å². The molecule has 0 atom stereocenters. The maximum absolute atomic E-state index is 12.2. The van der Waals surface area contributed by atoms with E-state index in [1.165, 1.54) is 0 Å². The molecule has 0 amide bonds. The zero-order valence-electron chi connectivity index (χ0n) is 12.8. The van der Waals surface area contributed by atoms with E-state index in [2.05, 4.69) is 9.97 Å². The number of nitrogens with one attached hydrogen (secondary N) is 1. The molecule has 0 saturated heterocycles. The molecule has 0 aliphatic carbocycles. The zero-order chi connectivity index (χ0) is 15.9. The molecular formula is C18H18N2O2. The summed E-state index contributed by atoms with van der Waals surface area (Å²) in [6, 6.07) is 10.7. The normalized spacial score (nSPS) is 11.8. The number of aromatic amines is 1. The Morgan fingerprint density at radius 3 is 2.55 bits per heavy atom. The highest BCUT2D eigenvalue weighted by Gasteiger charge is 2.23. The van der Waals surface area contributed by atoms with E-state index in [4.69, 9.17) is 0 Å². The summed E-state index contributed by atoms with van der Waals surface area (Å²) in [6.07, 6.45) is 1.62. The van der Waals surface area contributed by atoms with Crippen LogP contribution in [-0.4, -0.2) is 20.9 Å². The van der Waals surface area contributed by atoms with Gasteiger partial charge in [-0.25, -0.2) is 0 Å². The number of ketones is 1. The summed E-state index contributed by atoms with van der Waals surface area (Å²) in [7, 11) is 0. The fourth-order valence-corrected chi connectivity index (χ4v) is 2.38. The van der Waals surface area contributed by atoms with E-state index in [0.29, 0.717) is 5.56 Å². The Labute approximate surface area is 128 Å². The average Bonchev–Trinajstić information content (AvgIpc) is 2.88. The second-order valence-corrected chi connectivity index (χ2v) is 6.47. The number of carbonyl (C=O) groups excluding carboxylic acids is 1. The van der Waals surface area contributed by atoms with Crippen LogP contribution in [0.4, 0.5) is 0 Å². The van der Waals surface area contributed by atoms with Crippen LogP contribution in [0.1, 0.15) is 31.1 Å². The summed E-state index contributed by atoms with van der Waals surface area (Å²) in [6.45, 7) is 5.69. The van der Waals surface area contributed by atoms with Crippen LogP contribution in [-0.2, 0) is 0 Å². The Morgan fingerprint density at radius 1 is 1.14 bits per heavy atom. The third kappa shape index (κ3) is 2.60. The number of aromatic hydroxyl groups is 1. The van der Waals surface area contributed by atoms with E-state index >= 15 is 0 Å². The molecular weight excluding hydrogens is 276 g/mol. The Morgan fingerprint density at radius 2 is 1.91 bits per heavy atom. The third-order valence-corrected chi connectivity index (χ3v) is 3.59. The molecule has 2 N–H and O–H groups in total. The quantitative estimate of drug-likeness (QED) is 0.697. The second-order valence-electron chi connectivity index (χ2n) is 6.47. The molecule has 3 aromatic rings. The number of H-pyrrole nitrogens is 1. The molecule has 0 unspecified atom stereocenters. The predicted octanol–water partition coefficient (Wildman–Crippen LogP) is 4.16. The summed E-state index contributed by atoms with van der Waals surface area (Å²) in [5.74, 6) is 0.310. The number of fused-ring (bicyclic) bond motifs is 1. The molecule has 112 valence electrons. The van der Waals surface area contributed by atoms with E-state index in [-0.39, 0.29) is 11.5 Å². The fourth-order valence-electron chi connectivity index (χ4n) is 2.38. The lowest BCUT2D eigenvalue weighted by Gasteiger charge is -2.16. The topological polar surface area (TPSA) is 66.0 Å². The summed E-state index contributed by atoms with van der Waals surface area (Å²) in [4.78, 5) is 19.9. The van der Waals surface area contributed by atoms with Crippen LogP contribution < -0.4 is 0 Å². The first-order valence-corrected chi connectivity index (χ1v) is 7.17. The Balaban J connectivity index is 1.96. The maximum Gasteiger partial charge on any atom is 0.169 e. The molecule has 4 heteroatoms. The zero-order valence-corrected chi connectivity index (χ0v) is 12.8. The molecule has 0 bridgehead atoms. The number of hydrogen-bond acceptors (Lipinski definition) is 3. The van der Waals surface area contributed by atoms with Crippen LogP contribution in [0, 0.1) is 5.41 Å². The Hall–Kier alpha value is -2.62. The number of rotatable bonds is 2. The van der Waals surface area contributed by atoms with E-state index in [0.717, 1.165) is 22.3 Å². The second kappa shape index (κ2) is 4.98. The number of aromatic nitrogens is 2. The van der Waals surface area contributed by atoms with E-state index in [9.17, 15) is 9.90 Å². The Bertz CT molecular complexity index is 840. The van der Waals surface area contributed by atoms with E-state index < -0.39 is 5.41 Å². The van der Waals surface area contributed by atoms with Gasteiger partial charge in [-0.15, -0.1) is 0 Å². The molecule has 1 aromatic carbocycles. The van der Waals surface area contributed by atoms with Gasteiger partial charge in [0.1, 0.15) is 5.75 Å². The molecule has 0 aliphatic rings. The highest BCUT2D eigenvalue weighted by atomic mass is 16.3. The van der Waals surface area contributed by atoms with Crippen molar-refractivity contribution < 1.29 is 9.90 Å². The summed E-state index contributed by atoms with van der Waals surface area (Å²) < 4.78 is 0. The van der Waals surface area contributed by atoms with Gasteiger partial charge in [0.2, 0.25) is 0 Å². The number of phenols is 1. The van der Waals surface area contributed by atoms with E-state index in [1.54, 1.807) is 24.4 Å². The van der Waals surface area contributed by atoms with Gasteiger partial charge in [0.25, 0.3) is 0 Å². The first kappa shape index (κ1) is 14.3. The van der Waals surface area contributed by atoms with Gasteiger partial charge in [-0.05, 0) is 36.4 Å². The molecule has 0 saturated carbocycles. The standard InChI is InChI=1S/C18H18N2O2/c1-18(2,3)17(22)11-4-6-15(19-10-11)16-9-12-8-13(21)5-7-14(12)20-16/h4-10,20-21H,1-3H3. The van der Waals surface area contributed by atoms with Crippen molar-refractivity contribution in [2.24, 2.45) is 5.41 Å². The smallest absolute Gasteiger partial charge is 0.169 e. The molecule has 22 heavy (non-hydrogen) atoms. The molecule has 0 fully saturated rings. The molecule has 3 rings (SSSR count). The van der Waals surface area contributed by atoms with Crippen molar-refractivity contribution in [3.05, 3.63) is 48.2 Å². The van der Waals surface area contributed by atoms with Crippen LogP contribution in [0.3, 0.4) is 0 Å². The van der Waals surface area contributed by atoms with Crippen molar-refractivity contribution in [1.29, 1.82) is 0 Å². The number of hydrogen-bond donors (Lipinski definition) is 2. The lowest BCUT2D eigenvalue weighted by molar-refractivity contribution is 0.0858. The summed E-state index contributed by atoms with van der Waals surface area (Å²) in [5.41, 5.74) is 2.76. The number of nitrogens with zero attached hydrogens (tertiary/aromatic N) is 1. The van der Waals surface area contributed by atoms with Gasteiger partial charge >= 0.3 is 0 Å². The fraction of sp³-hybridized carbons (Fsp3) is 0.222. The van der Waals surface area contributed by atoms with Crippen LogP contribution in [0.25, 0.3) is 22.3 Å². The van der Waals surface area contributed by atoms with Gasteiger partial charge in [0.15, 0.2) is 5.78 Å². The number of carbonyl (C=O) groups is 1. The number of pyridine rings is 1. The lowest BCUT2D eigenvalue weighted by atomic mass is 9.87. The van der Waals surface area contributed by atoms with Gasteiger partial charge in [-0.3, -0.25) is 9.78 Å². The van der Waals surface area contributed by atoms with Crippen LogP contribution in [0.15, 0.2) is 42.6 Å². The highest BCUT2D eigenvalue weighted by Crippen LogP contribution is 2.26. The summed E-state index contributed by atoms with van der Waals surface area (Å²) >= 11 is 0. The highest BCUT2D eigenvalue weighted by molar-refractivity contribution is 5.99. The minimum Gasteiger partial charge on any atom is -0.508 e. The molecule has 4 nitrogen and oxygen atoms in total. The average molecular weight is 294 g/mol. The van der Waals surface area contributed by atoms with E-state index in [1.807, 2.05) is 39.0 Å². The van der Waals surface area contributed by atoms with Gasteiger partial charge in [-0.2, -0.15) is 0 Å². The van der Waals surface area contributed by atoms with Crippen LogP contribution in [0.5, 0.6) is 5.75 Å². The van der Waals surface area contributed by atoms with Gasteiger partial charge in [-0.1, -0.05) is 20.8 Å². The first-order valence-electron chi connectivity index (χ1n) is 7.17. The largest absolute Gasteiger partial charge is 0.508 e. The Kier molecular flexibility index (Phi) is 3.24. The predicted molar refractivity (Wildman–Crippen MR) is 87.0 cm³/mol. The van der Waals surface area contributed by atoms with Gasteiger partial charge in [0, 0.05) is 28.1 Å². The van der Waals surface area contributed by atoms with Crippen molar-refractivity contribution in [3.8, 4) is 17.1 Å². The number of Topliss-reactive ketones (excluding diaryl/α,β-unsaturated/α-hetero) is 1. The molecule has 2 aromatic heterocycles.